The van der Waals surface area contributed by atoms with E-state index < -0.39 is 10.8 Å². The third-order valence-electron chi connectivity index (χ3n) is 1.95. The van der Waals surface area contributed by atoms with Crippen LogP contribution in [0.15, 0.2) is 6.20 Å². The summed E-state index contributed by atoms with van der Waals surface area (Å²) in [6, 6.07) is -0.0766. The van der Waals surface area contributed by atoms with E-state index in [0.29, 0.717) is 6.54 Å². The van der Waals surface area contributed by atoms with Crippen LogP contribution in [0, 0.1) is 10.1 Å². The highest BCUT2D eigenvalue weighted by atomic mass is 16.6. The number of carbonyl (C=O) groups is 1. The first-order valence-electron chi connectivity index (χ1n) is 4.98. The monoisotopic (exact) mass is 226 g/mol. The quantitative estimate of drug-likeness (QED) is 0.611. The van der Waals surface area contributed by atoms with Gasteiger partial charge >= 0.3 is 5.69 Å². The van der Waals surface area contributed by atoms with E-state index in [-0.39, 0.29) is 17.4 Å². The maximum atomic E-state index is 11.7. The van der Waals surface area contributed by atoms with Gasteiger partial charge in [-0.05, 0) is 20.8 Å². The Bertz CT molecular complexity index is 411. The first-order valence-corrected chi connectivity index (χ1v) is 4.98. The molecule has 1 heterocycles. The molecule has 1 aromatic rings. The molecule has 0 saturated carbocycles. The van der Waals surface area contributed by atoms with Crippen LogP contribution in [-0.4, -0.2) is 26.7 Å². The number of nitrogens with one attached hydrogen (secondary N) is 1. The lowest BCUT2D eigenvalue weighted by molar-refractivity contribution is -0.385. The Morgan fingerprint density at radius 3 is 2.75 bits per heavy atom. The molecule has 88 valence electrons. The van der Waals surface area contributed by atoms with Crippen molar-refractivity contribution in [3.05, 3.63) is 22.0 Å². The minimum atomic E-state index is -0.603. The molecule has 1 rings (SSSR count). The van der Waals surface area contributed by atoms with Crippen LogP contribution >= 0.6 is 0 Å². The smallest absolute Gasteiger partial charge is 0.320 e. The van der Waals surface area contributed by atoms with E-state index in [1.807, 2.05) is 0 Å². The average molecular weight is 226 g/mol. The molecule has 7 nitrogen and oxygen atoms in total. The SMILES string of the molecule is CCn1ncc([N+](=O)[O-])c1C(=O)NC(C)C. The lowest BCUT2D eigenvalue weighted by atomic mass is 10.3. The van der Waals surface area contributed by atoms with Crippen molar-refractivity contribution < 1.29 is 9.72 Å². The summed E-state index contributed by atoms with van der Waals surface area (Å²) in [5, 5.41) is 17.1. The van der Waals surface area contributed by atoms with Crippen molar-refractivity contribution in [2.24, 2.45) is 0 Å². The van der Waals surface area contributed by atoms with Gasteiger partial charge in [-0.15, -0.1) is 0 Å². The highest BCUT2D eigenvalue weighted by Gasteiger charge is 2.26. The number of nitro groups is 1. The van der Waals surface area contributed by atoms with Gasteiger partial charge in [0.2, 0.25) is 5.69 Å². The summed E-state index contributed by atoms with van der Waals surface area (Å²) in [5.74, 6) is -0.471. The van der Waals surface area contributed by atoms with Crippen molar-refractivity contribution in [2.75, 3.05) is 0 Å². The molecule has 0 atom stereocenters. The van der Waals surface area contributed by atoms with Crippen LogP contribution in [0.2, 0.25) is 0 Å². The fourth-order valence-corrected chi connectivity index (χ4v) is 1.31. The number of hydrogen-bond acceptors (Lipinski definition) is 4. The van der Waals surface area contributed by atoms with Crippen LogP contribution in [0.3, 0.4) is 0 Å². The first-order chi connectivity index (χ1) is 7.47. The lowest BCUT2D eigenvalue weighted by Crippen LogP contribution is -2.32. The normalized spacial score (nSPS) is 10.5. The fraction of sp³-hybridized carbons (Fsp3) is 0.556. The van der Waals surface area contributed by atoms with E-state index in [1.54, 1.807) is 20.8 Å². The van der Waals surface area contributed by atoms with Gasteiger partial charge in [-0.2, -0.15) is 5.10 Å². The first kappa shape index (κ1) is 12.2. The van der Waals surface area contributed by atoms with Crippen molar-refractivity contribution in [1.29, 1.82) is 0 Å². The van der Waals surface area contributed by atoms with Crippen molar-refractivity contribution in [1.82, 2.24) is 15.1 Å². The van der Waals surface area contributed by atoms with Gasteiger partial charge in [0.05, 0.1) is 4.92 Å². The van der Waals surface area contributed by atoms with Crippen molar-refractivity contribution in [3.8, 4) is 0 Å². The summed E-state index contributed by atoms with van der Waals surface area (Å²) in [7, 11) is 0. The van der Waals surface area contributed by atoms with Crippen LogP contribution in [-0.2, 0) is 6.54 Å². The average Bonchev–Trinajstić information content (AvgIpc) is 2.59. The predicted molar refractivity (Wildman–Crippen MR) is 57.2 cm³/mol. The van der Waals surface area contributed by atoms with E-state index in [4.69, 9.17) is 0 Å². The molecule has 0 aliphatic heterocycles. The Hall–Kier alpha value is -1.92. The number of aromatic nitrogens is 2. The Labute approximate surface area is 92.6 Å². The van der Waals surface area contributed by atoms with Crippen LogP contribution < -0.4 is 5.32 Å². The standard InChI is InChI=1S/C9H14N4O3/c1-4-12-8(9(14)11-6(2)3)7(5-10-12)13(15)16/h5-6H,4H2,1-3H3,(H,11,14). The van der Waals surface area contributed by atoms with Crippen LogP contribution in [0.1, 0.15) is 31.3 Å². The summed E-state index contributed by atoms with van der Waals surface area (Å²) in [4.78, 5) is 21.9. The van der Waals surface area contributed by atoms with Gasteiger partial charge in [-0.25, -0.2) is 0 Å². The Morgan fingerprint density at radius 2 is 2.31 bits per heavy atom. The second kappa shape index (κ2) is 4.73. The van der Waals surface area contributed by atoms with E-state index in [2.05, 4.69) is 10.4 Å². The molecule has 1 N–H and O–H groups in total. The zero-order chi connectivity index (χ0) is 12.3. The Kier molecular flexibility index (Phi) is 3.60. The third-order valence-corrected chi connectivity index (χ3v) is 1.95. The van der Waals surface area contributed by atoms with Crippen LogP contribution in [0.4, 0.5) is 5.69 Å². The molecular weight excluding hydrogens is 212 g/mol. The predicted octanol–water partition coefficient (Wildman–Crippen LogP) is 0.949. The molecular formula is C9H14N4O3. The summed E-state index contributed by atoms with van der Waals surface area (Å²) in [5.41, 5.74) is -0.263. The molecule has 7 heteroatoms. The van der Waals surface area contributed by atoms with Crippen LogP contribution in [0.5, 0.6) is 0 Å². The molecule has 0 aliphatic rings. The largest absolute Gasteiger partial charge is 0.348 e. The lowest BCUT2D eigenvalue weighted by Gasteiger charge is -2.08. The molecule has 1 aromatic heterocycles. The maximum Gasteiger partial charge on any atom is 0.320 e. The number of hydrogen-bond donors (Lipinski definition) is 1. The number of aryl methyl sites for hydroxylation is 1. The molecule has 0 fully saturated rings. The topological polar surface area (TPSA) is 90.1 Å². The third kappa shape index (κ3) is 2.36. The number of nitrogens with zero attached hydrogens (tertiary/aromatic N) is 3. The minimum Gasteiger partial charge on any atom is -0.348 e. The number of rotatable bonds is 4. The second-order valence-corrected chi connectivity index (χ2v) is 3.58. The molecule has 1 amide bonds. The minimum absolute atomic E-state index is 0.00111. The molecule has 16 heavy (non-hydrogen) atoms. The van der Waals surface area contributed by atoms with Gasteiger partial charge in [0.25, 0.3) is 5.91 Å². The zero-order valence-electron chi connectivity index (χ0n) is 9.43. The molecule has 0 saturated heterocycles. The van der Waals surface area contributed by atoms with E-state index in [1.165, 1.54) is 4.68 Å². The second-order valence-electron chi connectivity index (χ2n) is 3.58. The van der Waals surface area contributed by atoms with Crippen molar-refractivity contribution >= 4 is 11.6 Å². The highest BCUT2D eigenvalue weighted by Crippen LogP contribution is 2.17. The molecule has 0 spiro atoms. The zero-order valence-corrected chi connectivity index (χ0v) is 9.43. The molecule has 0 unspecified atom stereocenters. The Balaban J connectivity index is 3.12. The summed E-state index contributed by atoms with van der Waals surface area (Å²) in [6.07, 6.45) is 1.10. The van der Waals surface area contributed by atoms with E-state index in [0.717, 1.165) is 6.20 Å². The van der Waals surface area contributed by atoms with Gasteiger partial charge < -0.3 is 5.32 Å². The van der Waals surface area contributed by atoms with Crippen LogP contribution in [0.25, 0.3) is 0 Å². The van der Waals surface area contributed by atoms with E-state index in [9.17, 15) is 14.9 Å². The Morgan fingerprint density at radius 1 is 1.69 bits per heavy atom. The summed E-state index contributed by atoms with van der Waals surface area (Å²) >= 11 is 0. The summed E-state index contributed by atoms with van der Waals surface area (Å²) < 4.78 is 1.32. The van der Waals surface area contributed by atoms with Gasteiger partial charge in [0.1, 0.15) is 6.20 Å². The van der Waals surface area contributed by atoms with Gasteiger partial charge in [-0.3, -0.25) is 19.6 Å². The van der Waals surface area contributed by atoms with Crippen molar-refractivity contribution in [3.63, 3.8) is 0 Å². The molecule has 0 aromatic carbocycles. The molecule has 0 bridgehead atoms. The maximum absolute atomic E-state index is 11.7. The molecule has 0 radical (unpaired) electrons. The van der Waals surface area contributed by atoms with Gasteiger partial charge in [0, 0.05) is 12.6 Å². The van der Waals surface area contributed by atoms with Crippen molar-refractivity contribution in [2.45, 2.75) is 33.4 Å². The number of carbonyl (C=O) groups excluding carboxylic acids is 1. The highest BCUT2D eigenvalue weighted by molar-refractivity contribution is 5.96. The van der Waals surface area contributed by atoms with E-state index >= 15 is 0 Å². The van der Waals surface area contributed by atoms with Gasteiger partial charge in [0.15, 0.2) is 0 Å². The summed E-state index contributed by atoms with van der Waals surface area (Å²) in [6.45, 7) is 5.75. The number of amides is 1. The van der Waals surface area contributed by atoms with Gasteiger partial charge in [-0.1, -0.05) is 0 Å². The molecule has 0 aliphatic carbocycles. The fourth-order valence-electron chi connectivity index (χ4n) is 1.31.